The zero-order valence-corrected chi connectivity index (χ0v) is 16.1. The van der Waals surface area contributed by atoms with Gasteiger partial charge in [0.05, 0.1) is 11.2 Å². The highest BCUT2D eigenvalue weighted by atomic mass is 32.1. The van der Waals surface area contributed by atoms with Crippen LogP contribution < -0.4 is 0 Å². The molecule has 0 radical (unpaired) electrons. The minimum Gasteiger partial charge on any atom is -0.444 e. The second kappa shape index (κ2) is 7.45. The maximum atomic E-state index is 12.9. The van der Waals surface area contributed by atoms with Crippen molar-refractivity contribution in [1.82, 2.24) is 14.8 Å². The summed E-state index contributed by atoms with van der Waals surface area (Å²) in [6.45, 7) is 7.47. The molecule has 0 bridgehead atoms. The van der Waals surface area contributed by atoms with E-state index >= 15 is 0 Å². The predicted molar refractivity (Wildman–Crippen MR) is 101 cm³/mol. The largest absolute Gasteiger partial charge is 0.444 e. The van der Waals surface area contributed by atoms with Crippen molar-refractivity contribution in [2.24, 2.45) is 0 Å². The molecule has 0 unspecified atom stereocenters. The van der Waals surface area contributed by atoms with Crippen LogP contribution in [0.1, 0.15) is 30.4 Å². The van der Waals surface area contributed by atoms with Crippen molar-refractivity contribution < 1.29 is 14.3 Å². The lowest BCUT2D eigenvalue weighted by Gasteiger charge is -2.35. The number of carbonyl (C=O) groups excluding carboxylic acids is 2. The summed E-state index contributed by atoms with van der Waals surface area (Å²) in [7, 11) is 0. The molecule has 1 saturated heterocycles. The molecule has 0 aliphatic carbocycles. The van der Waals surface area contributed by atoms with Crippen LogP contribution in [0, 0.1) is 0 Å². The van der Waals surface area contributed by atoms with Crippen LogP contribution in [0.25, 0.3) is 11.3 Å². The molecule has 6 nitrogen and oxygen atoms in total. The van der Waals surface area contributed by atoms with E-state index in [9.17, 15) is 9.59 Å². The van der Waals surface area contributed by atoms with Crippen molar-refractivity contribution in [2.75, 3.05) is 26.2 Å². The minimum absolute atomic E-state index is 0.0322. The summed E-state index contributed by atoms with van der Waals surface area (Å²) in [6, 6.07) is 9.71. The van der Waals surface area contributed by atoms with Gasteiger partial charge in [0.25, 0.3) is 5.91 Å². The van der Waals surface area contributed by atoms with Crippen molar-refractivity contribution in [3.63, 3.8) is 0 Å². The van der Waals surface area contributed by atoms with Crippen LogP contribution in [0.2, 0.25) is 0 Å². The quantitative estimate of drug-likeness (QED) is 0.808. The Morgan fingerprint density at radius 2 is 1.65 bits per heavy atom. The predicted octanol–water partition coefficient (Wildman–Crippen LogP) is 3.50. The molecule has 1 aromatic heterocycles. The van der Waals surface area contributed by atoms with Crippen LogP contribution in [0.15, 0.2) is 35.8 Å². The SMILES string of the molecule is CC(C)(C)OC(=O)N1CCN(C(=O)c2scnc2-c2ccccc2)CC1. The van der Waals surface area contributed by atoms with Gasteiger partial charge in [-0.1, -0.05) is 30.3 Å². The van der Waals surface area contributed by atoms with Crippen LogP contribution in [-0.2, 0) is 4.74 Å². The van der Waals surface area contributed by atoms with Gasteiger partial charge in [-0.2, -0.15) is 0 Å². The maximum absolute atomic E-state index is 12.9. The Balaban J connectivity index is 1.65. The molecule has 2 aromatic rings. The van der Waals surface area contributed by atoms with Gasteiger partial charge < -0.3 is 14.5 Å². The third kappa shape index (κ3) is 4.22. The molecule has 1 aliphatic rings. The van der Waals surface area contributed by atoms with Gasteiger partial charge in [-0.15, -0.1) is 11.3 Å². The summed E-state index contributed by atoms with van der Waals surface area (Å²) in [5, 5.41) is 0. The highest BCUT2D eigenvalue weighted by Crippen LogP contribution is 2.27. The van der Waals surface area contributed by atoms with Gasteiger partial charge in [-0.3, -0.25) is 4.79 Å². The van der Waals surface area contributed by atoms with Gasteiger partial charge in [0.1, 0.15) is 10.5 Å². The Labute approximate surface area is 157 Å². The Hall–Kier alpha value is -2.41. The number of hydrogen-bond donors (Lipinski definition) is 0. The van der Waals surface area contributed by atoms with Crippen LogP contribution in [-0.4, -0.2) is 58.6 Å². The Bertz CT molecular complexity index is 775. The fourth-order valence-corrected chi connectivity index (χ4v) is 3.54. The fraction of sp³-hybridized carbons (Fsp3) is 0.421. The van der Waals surface area contributed by atoms with Gasteiger partial charge >= 0.3 is 6.09 Å². The average Bonchev–Trinajstić information content (AvgIpc) is 3.10. The van der Waals surface area contributed by atoms with E-state index < -0.39 is 5.60 Å². The molecule has 0 atom stereocenters. The lowest BCUT2D eigenvalue weighted by molar-refractivity contribution is 0.0141. The van der Waals surface area contributed by atoms with E-state index in [0.29, 0.717) is 31.1 Å². The molecule has 2 heterocycles. The molecule has 3 rings (SSSR count). The highest BCUT2D eigenvalue weighted by Gasteiger charge is 2.29. The van der Waals surface area contributed by atoms with Crippen LogP contribution >= 0.6 is 11.3 Å². The summed E-state index contributed by atoms with van der Waals surface area (Å²) in [5.41, 5.74) is 2.84. The topological polar surface area (TPSA) is 62.7 Å². The second-order valence-electron chi connectivity index (χ2n) is 7.16. The third-order valence-electron chi connectivity index (χ3n) is 4.03. The van der Waals surface area contributed by atoms with E-state index in [-0.39, 0.29) is 12.0 Å². The van der Waals surface area contributed by atoms with Gasteiger partial charge in [0.2, 0.25) is 0 Å². The van der Waals surface area contributed by atoms with Crippen molar-refractivity contribution in [3.05, 3.63) is 40.7 Å². The van der Waals surface area contributed by atoms with Crippen LogP contribution in [0.4, 0.5) is 4.79 Å². The van der Waals surface area contributed by atoms with Gasteiger partial charge in [0, 0.05) is 31.7 Å². The summed E-state index contributed by atoms with van der Waals surface area (Å²) >= 11 is 1.35. The molecule has 0 N–H and O–H groups in total. The summed E-state index contributed by atoms with van der Waals surface area (Å²) < 4.78 is 5.40. The molecule has 138 valence electrons. The van der Waals surface area contributed by atoms with E-state index in [2.05, 4.69) is 4.98 Å². The number of amides is 2. The molecule has 26 heavy (non-hydrogen) atoms. The first-order valence-corrected chi connectivity index (χ1v) is 9.49. The van der Waals surface area contributed by atoms with Crippen LogP contribution in [0.3, 0.4) is 0 Å². The summed E-state index contributed by atoms with van der Waals surface area (Å²) in [4.78, 5) is 33.5. The number of nitrogens with zero attached hydrogens (tertiary/aromatic N) is 3. The molecular formula is C19H23N3O3S. The second-order valence-corrected chi connectivity index (χ2v) is 8.01. The number of hydrogen-bond acceptors (Lipinski definition) is 5. The zero-order valence-electron chi connectivity index (χ0n) is 15.3. The van der Waals surface area contributed by atoms with E-state index in [4.69, 9.17) is 4.74 Å². The lowest BCUT2D eigenvalue weighted by Crippen LogP contribution is -2.51. The van der Waals surface area contributed by atoms with Gasteiger partial charge in [-0.25, -0.2) is 9.78 Å². The monoisotopic (exact) mass is 373 g/mol. The molecule has 1 aromatic carbocycles. The van der Waals surface area contributed by atoms with E-state index in [0.717, 1.165) is 11.3 Å². The standard InChI is InChI=1S/C19H23N3O3S/c1-19(2,3)25-18(24)22-11-9-21(10-12-22)17(23)16-15(20-13-26-16)14-7-5-4-6-8-14/h4-8,13H,9-12H2,1-3H3. The first-order valence-electron chi connectivity index (χ1n) is 8.61. The normalized spacial score (nSPS) is 15.0. The Kier molecular flexibility index (Phi) is 5.27. The van der Waals surface area contributed by atoms with E-state index in [1.807, 2.05) is 51.1 Å². The molecule has 0 spiro atoms. The molecule has 2 amide bonds. The Morgan fingerprint density at radius 1 is 1.04 bits per heavy atom. The zero-order chi connectivity index (χ0) is 18.7. The van der Waals surface area contributed by atoms with Crippen molar-refractivity contribution >= 4 is 23.3 Å². The first-order chi connectivity index (χ1) is 12.3. The molecule has 1 aliphatic heterocycles. The summed E-state index contributed by atoms with van der Waals surface area (Å²) in [6.07, 6.45) is -0.327. The minimum atomic E-state index is -0.517. The molecular weight excluding hydrogens is 350 g/mol. The van der Waals surface area contributed by atoms with E-state index in [1.54, 1.807) is 15.3 Å². The number of ether oxygens (including phenoxy) is 1. The number of carbonyl (C=O) groups is 2. The highest BCUT2D eigenvalue weighted by molar-refractivity contribution is 7.12. The number of thiazole rings is 1. The molecule has 0 saturated carbocycles. The smallest absolute Gasteiger partial charge is 0.410 e. The number of piperazine rings is 1. The molecule has 1 fully saturated rings. The van der Waals surface area contributed by atoms with Gasteiger partial charge in [0.15, 0.2) is 0 Å². The van der Waals surface area contributed by atoms with Gasteiger partial charge in [-0.05, 0) is 20.8 Å². The lowest BCUT2D eigenvalue weighted by atomic mass is 10.1. The van der Waals surface area contributed by atoms with Crippen LogP contribution in [0.5, 0.6) is 0 Å². The molecule has 7 heteroatoms. The number of aromatic nitrogens is 1. The fourth-order valence-electron chi connectivity index (χ4n) is 2.76. The van der Waals surface area contributed by atoms with Crippen molar-refractivity contribution in [2.45, 2.75) is 26.4 Å². The van der Waals surface area contributed by atoms with Crippen molar-refractivity contribution in [3.8, 4) is 11.3 Å². The summed E-state index contributed by atoms with van der Waals surface area (Å²) in [5.74, 6) is -0.0322. The number of benzene rings is 1. The number of rotatable bonds is 2. The third-order valence-corrected chi connectivity index (χ3v) is 4.84. The first kappa shape index (κ1) is 18.4. The maximum Gasteiger partial charge on any atom is 0.410 e. The average molecular weight is 373 g/mol. The van der Waals surface area contributed by atoms with Crippen molar-refractivity contribution in [1.29, 1.82) is 0 Å². The van der Waals surface area contributed by atoms with E-state index in [1.165, 1.54) is 11.3 Å². The Morgan fingerprint density at radius 3 is 2.27 bits per heavy atom.